The van der Waals surface area contributed by atoms with Crippen molar-refractivity contribution in [1.29, 1.82) is 0 Å². The van der Waals surface area contributed by atoms with Crippen LogP contribution >= 0.6 is 0 Å². The van der Waals surface area contributed by atoms with Crippen LogP contribution in [0.1, 0.15) is 44.9 Å². The Morgan fingerprint density at radius 3 is 2.54 bits per heavy atom. The summed E-state index contributed by atoms with van der Waals surface area (Å²) < 4.78 is 27.2. The molecule has 2 aliphatic heterocycles. The molecule has 2 N–H and O–H groups in total. The third kappa shape index (κ3) is 5.77. The summed E-state index contributed by atoms with van der Waals surface area (Å²) in [6.45, 7) is 5.50. The van der Waals surface area contributed by atoms with E-state index in [0.29, 0.717) is 43.9 Å². The van der Waals surface area contributed by atoms with E-state index >= 15 is 0 Å². The van der Waals surface area contributed by atoms with Crippen LogP contribution in [0, 0.1) is 0 Å². The standard InChI is InChI=1S/C27H36N4O3S/c32-27(29-25-9-11-26(12-10-25)35(33,34)31-17-14-28-15-18-31)23-7-5-21(6-8-23)19-30-16-13-22-3-1-2-4-24(22)20-30/h2,4-5,7,9,11,28H,1,3,6,8,10,12-20H2,(H,29,32). The first-order valence-electron chi connectivity index (χ1n) is 12.9. The van der Waals surface area contributed by atoms with Crippen LogP contribution in [0.2, 0.25) is 0 Å². The van der Waals surface area contributed by atoms with Crippen molar-refractivity contribution in [3.8, 4) is 0 Å². The first-order valence-corrected chi connectivity index (χ1v) is 14.3. The molecule has 35 heavy (non-hydrogen) atoms. The lowest BCUT2D eigenvalue weighted by Crippen LogP contribution is -2.46. The topological polar surface area (TPSA) is 81.8 Å². The van der Waals surface area contributed by atoms with Crippen LogP contribution in [-0.2, 0) is 14.8 Å². The molecule has 0 saturated carbocycles. The van der Waals surface area contributed by atoms with Crippen molar-refractivity contribution in [1.82, 2.24) is 19.8 Å². The first kappa shape index (κ1) is 24.4. The van der Waals surface area contributed by atoms with E-state index in [1.165, 1.54) is 30.4 Å². The van der Waals surface area contributed by atoms with Crippen LogP contribution in [0.25, 0.3) is 0 Å². The zero-order valence-electron chi connectivity index (χ0n) is 20.4. The van der Waals surface area contributed by atoms with Gasteiger partial charge in [0.2, 0.25) is 10.0 Å². The summed E-state index contributed by atoms with van der Waals surface area (Å²) in [5.74, 6) is -0.0755. The molecule has 1 amide bonds. The highest BCUT2D eigenvalue weighted by Gasteiger charge is 2.29. The fourth-order valence-electron chi connectivity index (χ4n) is 5.46. The van der Waals surface area contributed by atoms with Gasteiger partial charge in [-0.05, 0) is 62.7 Å². The Balaban J connectivity index is 1.15. The van der Waals surface area contributed by atoms with E-state index in [0.717, 1.165) is 43.7 Å². The lowest BCUT2D eigenvalue weighted by molar-refractivity contribution is -0.117. The van der Waals surface area contributed by atoms with Crippen LogP contribution in [0.15, 0.2) is 69.4 Å². The second-order valence-electron chi connectivity index (χ2n) is 9.98. The lowest BCUT2D eigenvalue weighted by Gasteiger charge is -2.32. The molecule has 0 aromatic heterocycles. The second-order valence-corrected chi connectivity index (χ2v) is 12.0. The lowest BCUT2D eigenvalue weighted by atomic mass is 9.91. The number of sulfonamides is 1. The van der Waals surface area contributed by atoms with Gasteiger partial charge in [0.05, 0.1) is 4.91 Å². The van der Waals surface area contributed by atoms with Crippen LogP contribution < -0.4 is 10.6 Å². The number of allylic oxidation sites excluding steroid dienone is 7. The van der Waals surface area contributed by atoms with E-state index in [1.54, 1.807) is 22.0 Å². The SMILES string of the molecule is O=C(NC1=CC=C(S(=O)(=O)N2CCNCC2)CC1)C1=CC=C(CN2CCC3=C(C=CCC3)C2)CC1. The van der Waals surface area contributed by atoms with E-state index in [1.807, 2.05) is 6.08 Å². The quantitative estimate of drug-likeness (QED) is 0.591. The first-order chi connectivity index (χ1) is 17.0. The molecule has 0 bridgehead atoms. The number of nitrogens with one attached hydrogen (secondary N) is 2. The molecule has 5 rings (SSSR count). The van der Waals surface area contributed by atoms with Gasteiger partial charge in [0.25, 0.3) is 5.91 Å². The van der Waals surface area contributed by atoms with Gasteiger partial charge < -0.3 is 10.6 Å². The molecule has 1 fully saturated rings. The summed E-state index contributed by atoms with van der Waals surface area (Å²) >= 11 is 0. The zero-order chi connectivity index (χ0) is 24.3. The van der Waals surface area contributed by atoms with Crippen LogP contribution in [-0.4, -0.2) is 69.3 Å². The maximum atomic E-state index is 12.8. The Kier molecular flexibility index (Phi) is 7.53. The molecule has 8 heteroatoms. The predicted molar refractivity (Wildman–Crippen MR) is 139 cm³/mol. The monoisotopic (exact) mass is 496 g/mol. The van der Waals surface area contributed by atoms with Gasteiger partial charge in [0.15, 0.2) is 0 Å². The average Bonchev–Trinajstić information content (AvgIpc) is 2.90. The molecule has 0 spiro atoms. The predicted octanol–water partition coefficient (Wildman–Crippen LogP) is 2.90. The Labute approximate surface area is 209 Å². The summed E-state index contributed by atoms with van der Waals surface area (Å²) in [4.78, 5) is 15.8. The molecular formula is C27H36N4O3S. The van der Waals surface area contributed by atoms with Crippen molar-refractivity contribution >= 4 is 15.9 Å². The highest BCUT2D eigenvalue weighted by molar-refractivity contribution is 7.93. The maximum Gasteiger partial charge on any atom is 0.251 e. The molecule has 0 aromatic rings. The summed E-state index contributed by atoms with van der Waals surface area (Å²) in [6.07, 6.45) is 18.3. The van der Waals surface area contributed by atoms with E-state index in [-0.39, 0.29) is 5.91 Å². The number of piperazine rings is 1. The summed E-state index contributed by atoms with van der Waals surface area (Å²) in [5, 5.41) is 6.19. The van der Waals surface area contributed by atoms with E-state index < -0.39 is 10.0 Å². The Morgan fingerprint density at radius 1 is 0.943 bits per heavy atom. The van der Waals surface area contributed by atoms with Crippen molar-refractivity contribution in [2.75, 3.05) is 45.8 Å². The molecule has 0 atom stereocenters. The molecule has 3 aliphatic carbocycles. The smallest absolute Gasteiger partial charge is 0.251 e. The third-order valence-corrected chi connectivity index (χ3v) is 9.64. The minimum Gasteiger partial charge on any atom is -0.326 e. The molecule has 0 unspecified atom stereocenters. The normalized spacial score (nSPS) is 24.2. The van der Waals surface area contributed by atoms with Gasteiger partial charge in [-0.3, -0.25) is 9.69 Å². The molecule has 0 radical (unpaired) electrons. The van der Waals surface area contributed by atoms with Gasteiger partial charge in [-0.15, -0.1) is 0 Å². The number of hydrogen-bond donors (Lipinski definition) is 2. The average molecular weight is 497 g/mol. The van der Waals surface area contributed by atoms with Crippen molar-refractivity contribution in [2.24, 2.45) is 0 Å². The summed E-state index contributed by atoms with van der Waals surface area (Å²) in [6, 6.07) is 0. The number of amides is 1. The summed E-state index contributed by atoms with van der Waals surface area (Å²) in [7, 11) is -3.42. The van der Waals surface area contributed by atoms with Crippen molar-refractivity contribution < 1.29 is 13.2 Å². The number of carbonyl (C=O) groups excluding carboxylic acids is 1. The highest BCUT2D eigenvalue weighted by Crippen LogP contribution is 2.29. The minimum absolute atomic E-state index is 0.0755. The van der Waals surface area contributed by atoms with Gasteiger partial charge in [0.1, 0.15) is 0 Å². The van der Waals surface area contributed by atoms with E-state index in [2.05, 4.69) is 33.8 Å². The molecule has 0 aromatic carbocycles. The second kappa shape index (κ2) is 10.8. The van der Waals surface area contributed by atoms with Gasteiger partial charge >= 0.3 is 0 Å². The summed E-state index contributed by atoms with van der Waals surface area (Å²) in [5.41, 5.74) is 6.10. The third-order valence-electron chi connectivity index (χ3n) is 7.60. The van der Waals surface area contributed by atoms with Gasteiger partial charge in [-0.25, -0.2) is 8.42 Å². The fourth-order valence-corrected chi connectivity index (χ4v) is 7.06. The largest absolute Gasteiger partial charge is 0.326 e. The molecule has 1 saturated heterocycles. The Morgan fingerprint density at radius 2 is 1.80 bits per heavy atom. The van der Waals surface area contributed by atoms with Gasteiger partial charge in [-0.2, -0.15) is 4.31 Å². The van der Waals surface area contributed by atoms with Crippen molar-refractivity contribution in [3.05, 3.63) is 69.4 Å². The van der Waals surface area contributed by atoms with E-state index in [9.17, 15) is 13.2 Å². The Hall–Kier alpha value is -2.26. The number of hydrogen-bond acceptors (Lipinski definition) is 5. The van der Waals surface area contributed by atoms with Crippen LogP contribution in [0.5, 0.6) is 0 Å². The molecule has 2 heterocycles. The van der Waals surface area contributed by atoms with E-state index in [4.69, 9.17) is 0 Å². The highest BCUT2D eigenvalue weighted by atomic mass is 32.2. The fraction of sp³-hybridized carbons (Fsp3) is 0.519. The van der Waals surface area contributed by atoms with Gasteiger partial charge in [-0.1, -0.05) is 35.5 Å². The van der Waals surface area contributed by atoms with Crippen molar-refractivity contribution in [2.45, 2.75) is 44.9 Å². The van der Waals surface area contributed by atoms with Crippen LogP contribution in [0.3, 0.4) is 0 Å². The number of rotatable bonds is 6. The molecule has 5 aliphatic rings. The van der Waals surface area contributed by atoms with Crippen molar-refractivity contribution in [3.63, 3.8) is 0 Å². The maximum absolute atomic E-state index is 12.8. The van der Waals surface area contributed by atoms with Gasteiger partial charge in [0, 0.05) is 57.1 Å². The Bertz CT molecular complexity index is 1150. The van der Waals surface area contributed by atoms with Crippen LogP contribution in [0.4, 0.5) is 0 Å². The molecule has 7 nitrogen and oxygen atoms in total. The number of nitrogens with zero attached hydrogens (tertiary/aromatic N) is 2. The molecular weight excluding hydrogens is 460 g/mol. The zero-order valence-corrected chi connectivity index (χ0v) is 21.2. The minimum atomic E-state index is -3.42. The number of carbonyl (C=O) groups is 1. The molecule has 188 valence electrons.